The zero-order valence-electron chi connectivity index (χ0n) is 20.4. The van der Waals surface area contributed by atoms with Gasteiger partial charge in [-0.1, -0.05) is 72.4 Å². The second kappa shape index (κ2) is 12.0. The summed E-state index contributed by atoms with van der Waals surface area (Å²) >= 11 is 1.55. The lowest BCUT2D eigenvalue weighted by atomic mass is 10.1. The van der Waals surface area contributed by atoms with Crippen LogP contribution in [-0.4, -0.2) is 38.0 Å². The molecule has 0 spiro atoms. The van der Waals surface area contributed by atoms with Gasteiger partial charge < -0.3 is 9.88 Å². The normalized spacial score (nSPS) is 11.3. The van der Waals surface area contributed by atoms with Crippen LogP contribution in [0.25, 0.3) is 22.1 Å². The Bertz CT molecular complexity index is 1490. The molecule has 37 heavy (non-hydrogen) atoms. The number of hydrogen-bond donors (Lipinski definition) is 1. The van der Waals surface area contributed by atoms with E-state index in [1.807, 2.05) is 42.5 Å². The fourth-order valence-corrected chi connectivity index (χ4v) is 5.09. The maximum atomic E-state index is 13.4. The monoisotopic (exact) mass is 513 g/mol. The largest absolute Gasteiger partial charge is 0.356 e. The van der Waals surface area contributed by atoms with E-state index in [9.17, 15) is 9.18 Å². The quantitative estimate of drug-likeness (QED) is 0.179. The Labute approximate surface area is 219 Å². The highest BCUT2D eigenvalue weighted by atomic mass is 32.2. The summed E-state index contributed by atoms with van der Waals surface area (Å²) < 4.78 is 15.5. The molecule has 2 heterocycles. The van der Waals surface area contributed by atoms with Gasteiger partial charge >= 0.3 is 0 Å². The number of fused-ring (bicyclic) bond motifs is 3. The first kappa shape index (κ1) is 24.9. The Hall–Kier alpha value is -3.78. The molecule has 6 nitrogen and oxygen atoms in total. The van der Waals surface area contributed by atoms with Crippen LogP contribution in [0.5, 0.6) is 0 Å². The molecular formula is C29H28FN5OS. The number of para-hydroxylation sites is 1. The predicted molar refractivity (Wildman–Crippen MR) is 146 cm³/mol. The third kappa shape index (κ3) is 6.32. The molecule has 0 saturated carbocycles. The summed E-state index contributed by atoms with van der Waals surface area (Å²) in [4.78, 5) is 17.0. The van der Waals surface area contributed by atoms with Crippen molar-refractivity contribution in [3.05, 3.63) is 95.8 Å². The molecule has 8 heteroatoms. The van der Waals surface area contributed by atoms with Crippen LogP contribution in [0.1, 0.15) is 30.4 Å². The minimum Gasteiger partial charge on any atom is -0.356 e. The number of carbonyl (C=O) groups is 1. The van der Waals surface area contributed by atoms with E-state index in [1.165, 1.54) is 17.7 Å². The number of unbranched alkanes of at least 4 members (excludes halogenated alkanes) is 1. The summed E-state index contributed by atoms with van der Waals surface area (Å²) in [5.74, 6) is 0.645. The Kier molecular flexibility index (Phi) is 8.05. The van der Waals surface area contributed by atoms with Crippen molar-refractivity contribution in [1.82, 2.24) is 25.1 Å². The molecule has 0 aliphatic rings. The van der Waals surface area contributed by atoms with E-state index >= 15 is 0 Å². The van der Waals surface area contributed by atoms with Crippen molar-refractivity contribution >= 4 is 39.7 Å². The number of amides is 1. The second-order valence-corrected chi connectivity index (χ2v) is 9.95. The molecule has 0 bridgehead atoms. The Morgan fingerprint density at radius 2 is 1.68 bits per heavy atom. The highest BCUT2D eigenvalue weighted by Gasteiger charge is 2.15. The summed E-state index contributed by atoms with van der Waals surface area (Å²) in [6, 6.07) is 24.7. The van der Waals surface area contributed by atoms with Gasteiger partial charge in [0.05, 0.1) is 5.52 Å². The number of hydrogen-bond acceptors (Lipinski definition) is 5. The van der Waals surface area contributed by atoms with Gasteiger partial charge in [-0.15, -0.1) is 10.2 Å². The number of nitrogens with zero attached hydrogens (tertiary/aromatic N) is 4. The van der Waals surface area contributed by atoms with E-state index in [0.29, 0.717) is 24.7 Å². The van der Waals surface area contributed by atoms with Crippen LogP contribution >= 0.6 is 11.8 Å². The molecule has 1 amide bonds. The topological polar surface area (TPSA) is 72.7 Å². The van der Waals surface area contributed by atoms with E-state index in [1.54, 1.807) is 23.9 Å². The number of nitrogens with one attached hydrogen (secondary N) is 1. The van der Waals surface area contributed by atoms with Crippen LogP contribution < -0.4 is 5.32 Å². The first-order chi connectivity index (χ1) is 18.2. The molecule has 0 fully saturated rings. The number of benzene rings is 3. The lowest BCUT2D eigenvalue weighted by Crippen LogP contribution is -2.25. The van der Waals surface area contributed by atoms with Crippen molar-refractivity contribution in [2.24, 2.45) is 0 Å². The predicted octanol–water partition coefficient (Wildman–Crippen LogP) is 5.79. The van der Waals surface area contributed by atoms with Crippen LogP contribution in [0.2, 0.25) is 0 Å². The molecule has 188 valence electrons. The third-order valence-electron chi connectivity index (χ3n) is 6.22. The molecule has 5 rings (SSSR count). The van der Waals surface area contributed by atoms with Gasteiger partial charge in [0.1, 0.15) is 11.3 Å². The molecule has 0 radical (unpaired) electrons. The molecule has 5 aromatic rings. The summed E-state index contributed by atoms with van der Waals surface area (Å²) in [6.45, 7) is 1.22. The third-order valence-corrected chi connectivity index (χ3v) is 7.14. The van der Waals surface area contributed by atoms with Gasteiger partial charge in [0.15, 0.2) is 5.65 Å². The first-order valence-electron chi connectivity index (χ1n) is 12.5. The second-order valence-electron chi connectivity index (χ2n) is 8.89. The van der Waals surface area contributed by atoms with Crippen LogP contribution in [-0.2, 0) is 17.8 Å². The van der Waals surface area contributed by atoms with Crippen molar-refractivity contribution in [3.63, 3.8) is 0 Å². The smallest absolute Gasteiger partial charge is 0.220 e. The number of halogens is 1. The molecule has 1 N–H and O–H groups in total. The molecule has 0 atom stereocenters. The summed E-state index contributed by atoms with van der Waals surface area (Å²) in [7, 11) is 0. The Balaban J connectivity index is 1.17. The van der Waals surface area contributed by atoms with Gasteiger partial charge in [-0.05, 0) is 48.6 Å². The van der Waals surface area contributed by atoms with Gasteiger partial charge in [0, 0.05) is 30.6 Å². The number of thioether (sulfide) groups is 1. The zero-order valence-corrected chi connectivity index (χ0v) is 21.3. The zero-order chi connectivity index (χ0) is 25.5. The van der Waals surface area contributed by atoms with Gasteiger partial charge in [0.2, 0.25) is 11.1 Å². The molecule has 2 aromatic heterocycles. The molecule has 0 unspecified atom stereocenters. The van der Waals surface area contributed by atoms with E-state index in [-0.39, 0.29) is 11.7 Å². The van der Waals surface area contributed by atoms with Crippen LogP contribution in [0.15, 0.2) is 84.0 Å². The van der Waals surface area contributed by atoms with Crippen molar-refractivity contribution < 1.29 is 9.18 Å². The summed E-state index contributed by atoms with van der Waals surface area (Å²) in [6.07, 6.45) is 3.05. The van der Waals surface area contributed by atoms with Crippen LogP contribution in [0.3, 0.4) is 0 Å². The minimum atomic E-state index is -0.252. The van der Waals surface area contributed by atoms with Gasteiger partial charge in [0.25, 0.3) is 0 Å². The fraction of sp³-hybridized carbons (Fsp3) is 0.241. The first-order valence-corrected chi connectivity index (χ1v) is 13.5. The molecule has 0 aliphatic heterocycles. The average Bonchev–Trinajstić information content (AvgIpc) is 3.23. The van der Waals surface area contributed by atoms with Gasteiger partial charge in [-0.25, -0.2) is 9.37 Å². The minimum absolute atomic E-state index is 0.0885. The number of rotatable bonds is 11. The maximum Gasteiger partial charge on any atom is 0.220 e. The molecule has 3 aromatic carbocycles. The van der Waals surface area contributed by atoms with E-state index in [2.05, 4.69) is 32.2 Å². The van der Waals surface area contributed by atoms with E-state index < -0.39 is 0 Å². The standard InChI is InChI=1S/C29H28FN5OS/c30-23-15-13-22(14-16-23)20-35-25-11-5-4-10-24(25)27-28(35)32-29(34-33-27)37-19-7-6-12-26(36)31-18-17-21-8-2-1-3-9-21/h1-5,8-11,13-16H,6-7,12,17-20H2,(H,31,36). The van der Waals surface area contributed by atoms with Crippen molar-refractivity contribution in [3.8, 4) is 0 Å². The fourth-order valence-electron chi connectivity index (χ4n) is 4.31. The maximum absolute atomic E-state index is 13.4. The van der Waals surface area contributed by atoms with Gasteiger partial charge in [-0.3, -0.25) is 4.79 Å². The molecular weight excluding hydrogens is 485 g/mol. The molecule has 0 aliphatic carbocycles. The van der Waals surface area contributed by atoms with E-state index in [0.717, 1.165) is 52.6 Å². The van der Waals surface area contributed by atoms with Crippen molar-refractivity contribution in [2.45, 2.75) is 37.4 Å². The molecule has 0 saturated heterocycles. The van der Waals surface area contributed by atoms with Crippen molar-refractivity contribution in [2.75, 3.05) is 12.3 Å². The van der Waals surface area contributed by atoms with Crippen LogP contribution in [0.4, 0.5) is 4.39 Å². The lowest BCUT2D eigenvalue weighted by Gasteiger charge is -2.07. The van der Waals surface area contributed by atoms with Crippen LogP contribution in [0, 0.1) is 5.82 Å². The number of carbonyl (C=O) groups excluding carboxylic acids is 1. The summed E-state index contributed by atoms with van der Waals surface area (Å²) in [5, 5.41) is 13.5. The van der Waals surface area contributed by atoms with Gasteiger partial charge in [-0.2, -0.15) is 0 Å². The highest BCUT2D eigenvalue weighted by Crippen LogP contribution is 2.28. The van der Waals surface area contributed by atoms with Crippen molar-refractivity contribution in [1.29, 1.82) is 0 Å². The Morgan fingerprint density at radius 3 is 2.51 bits per heavy atom. The highest BCUT2D eigenvalue weighted by molar-refractivity contribution is 7.99. The van der Waals surface area contributed by atoms with E-state index in [4.69, 9.17) is 4.98 Å². The Morgan fingerprint density at radius 1 is 0.892 bits per heavy atom. The number of aromatic nitrogens is 4. The summed E-state index contributed by atoms with van der Waals surface area (Å²) in [5.41, 5.74) is 4.75. The lowest BCUT2D eigenvalue weighted by molar-refractivity contribution is -0.121. The SMILES string of the molecule is O=C(CCCCSc1nnc2c3ccccc3n(Cc3ccc(F)cc3)c2n1)NCCc1ccccc1. The average molecular weight is 514 g/mol.